The number of benzene rings is 4. The molecule has 0 radical (unpaired) electrons. The summed E-state index contributed by atoms with van der Waals surface area (Å²) < 4.78 is 0. The summed E-state index contributed by atoms with van der Waals surface area (Å²) in [5.41, 5.74) is 15.9. The molecule has 0 aliphatic heterocycles. The van der Waals surface area contributed by atoms with E-state index in [9.17, 15) is 0 Å². The predicted molar refractivity (Wildman–Crippen MR) is 245 cm³/mol. The fraction of sp³-hybridized carbons (Fsp3) is 0.375. The lowest BCUT2D eigenvalue weighted by Gasteiger charge is -2.42. The van der Waals surface area contributed by atoms with Gasteiger partial charge in [-0.3, -0.25) is 0 Å². The molecule has 3 heteroatoms. The van der Waals surface area contributed by atoms with Crippen LogP contribution in [0.15, 0.2) is 127 Å². The molecular formula is C56H59N3. The van der Waals surface area contributed by atoms with E-state index in [-0.39, 0.29) is 38.9 Å². The van der Waals surface area contributed by atoms with Crippen LogP contribution in [0.3, 0.4) is 0 Å². The zero-order chi connectivity index (χ0) is 41.3. The first-order valence-electron chi connectivity index (χ1n) is 22.0. The molecule has 5 aromatic rings. The highest BCUT2D eigenvalue weighted by Crippen LogP contribution is 2.68. The van der Waals surface area contributed by atoms with Gasteiger partial charge in [-0.25, -0.2) is 15.0 Å². The summed E-state index contributed by atoms with van der Waals surface area (Å²) in [5.74, 6) is 3.09. The van der Waals surface area contributed by atoms with Gasteiger partial charge in [-0.2, -0.15) is 0 Å². The summed E-state index contributed by atoms with van der Waals surface area (Å²) in [7, 11) is 0. The lowest BCUT2D eigenvalue weighted by molar-refractivity contribution is 0.290. The molecule has 4 atom stereocenters. The molecule has 3 nitrogen and oxygen atoms in total. The second-order valence-corrected chi connectivity index (χ2v) is 21.5. The highest BCUT2D eigenvalue weighted by atomic mass is 15.0. The van der Waals surface area contributed by atoms with Crippen LogP contribution in [0, 0.1) is 17.3 Å². The van der Waals surface area contributed by atoms with Crippen molar-refractivity contribution in [3.8, 4) is 34.2 Å². The van der Waals surface area contributed by atoms with E-state index >= 15 is 0 Å². The van der Waals surface area contributed by atoms with Crippen LogP contribution in [0.1, 0.15) is 133 Å². The average molecular weight is 774 g/mol. The molecule has 0 saturated heterocycles. The van der Waals surface area contributed by atoms with Crippen LogP contribution >= 0.6 is 0 Å². The fourth-order valence-corrected chi connectivity index (χ4v) is 11.2. The largest absolute Gasteiger partial charge is 0.208 e. The van der Waals surface area contributed by atoms with E-state index in [2.05, 4.69) is 191 Å². The van der Waals surface area contributed by atoms with E-state index in [1.54, 1.807) is 0 Å². The van der Waals surface area contributed by atoms with Gasteiger partial charge in [0.2, 0.25) is 0 Å². The Morgan fingerprint density at radius 1 is 0.593 bits per heavy atom. The number of rotatable bonds is 3. The Morgan fingerprint density at radius 2 is 1.22 bits per heavy atom. The molecule has 0 bridgehead atoms. The van der Waals surface area contributed by atoms with Gasteiger partial charge in [0.15, 0.2) is 17.5 Å². The van der Waals surface area contributed by atoms with Crippen LogP contribution in [0.25, 0.3) is 39.7 Å². The van der Waals surface area contributed by atoms with E-state index in [0.29, 0.717) is 17.6 Å². The fourth-order valence-electron chi connectivity index (χ4n) is 11.2. The van der Waals surface area contributed by atoms with Gasteiger partial charge in [-0.1, -0.05) is 178 Å². The molecule has 298 valence electrons. The first-order valence-corrected chi connectivity index (χ1v) is 22.0. The average Bonchev–Trinajstić information content (AvgIpc) is 3.68. The Kier molecular flexibility index (Phi) is 8.34. The van der Waals surface area contributed by atoms with Crippen molar-refractivity contribution in [3.63, 3.8) is 0 Å². The third-order valence-corrected chi connectivity index (χ3v) is 14.9. The van der Waals surface area contributed by atoms with Gasteiger partial charge in [-0.15, -0.1) is 0 Å². The van der Waals surface area contributed by atoms with Crippen molar-refractivity contribution in [1.29, 1.82) is 0 Å². The van der Waals surface area contributed by atoms with Gasteiger partial charge >= 0.3 is 0 Å². The summed E-state index contributed by atoms with van der Waals surface area (Å²) in [4.78, 5) is 15.9. The SMILES string of the molecule is CC(C)(C)c1ccc2c(c1)C1(C3=CC(C(C)(C)C)CC=C32)c2cc(-c3nc(-c4ccccc4)nc(-c4ccc5c(c4)C(C)(C)CCC5(C)C)n3)ccc2C2C=CC=CC21. The summed E-state index contributed by atoms with van der Waals surface area (Å²) >= 11 is 0. The molecule has 5 aliphatic carbocycles. The van der Waals surface area contributed by atoms with E-state index in [4.69, 9.17) is 15.0 Å². The van der Waals surface area contributed by atoms with Crippen LogP contribution in [0.2, 0.25) is 0 Å². The van der Waals surface area contributed by atoms with Crippen molar-refractivity contribution in [2.75, 3.05) is 0 Å². The molecule has 10 rings (SSSR count). The Balaban J connectivity index is 1.22. The molecule has 4 unspecified atom stereocenters. The Morgan fingerprint density at radius 3 is 1.90 bits per heavy atom. The first kappa shape index (κ1) is 38.1. The first-order chi connectivity index (χ1) is 28.0. The van der Waals surface area contributed by atoms with Crippen molar-refractivity contribution >= 4 is 5.57 Å². The molecule has 59 heavy (non-hydrogen) atoms. The monoisotopic (exact) mass is 773 g/mol. The normalized spacial score (nSPS) is 24.5. The number of hydrogen-bond donors (Lipinski definition) is 0. The van der Waals surface area contributed by atoms with Gasteiger partial charge in [-0.05, 0) is 109 Å². The zero-order valence-electron chi connectivity index (χ0n) is 36.7. The van der Waals surface area contributed by atoms with Crippen LogP contribution in [-0.4, -0.2) is 15.0 Å². The third-order valence-electron chi connectivity index (χ3n) is 14.9. The summed E-state index contributed by atoms with van der Waals surface area (Å²) in [6.07, 6.45) is 18.2. The standard InChI is InChI=1S/C56H59N3/c1-52(2,3)37-22-25-41-42-26-23-38(53(4,5)6)33-47(42)56(46(41)32-37)43-19-15-14-18-39(43)40-24-20-35(30-45(40)56)50-57-49(34-16-12-11-13-17-34)58-51(59-50)36-21-27-44-48(31-36)55(9,10)29-28-54(44,7)8/h11-22,24-27,30-33,38-39,43H,23,28-29H2,1-10H3. The molecule has 0 amide bonds. The minimum Gasteiger partial charge on any atom is -0.208 e. The second kappa shape index (κ2) is 12.9. The number of aromatic nitrogens is 3. The van der Waals surface area contributed by atoms with Crippen molar-refractivity contribution in [3.05, 3.63) is 166 Å². The Bertz CT molecular complexity index is 2670. The van der Waals surface area contributed by atoms with E-state index < -0.39 is 0 Å². The molecule has 5 aliphatic rings. The Hall–Kier alpha value is -5.15. The molecule has 0 N–H and O–H groups in total. The van der Waals surface area contributed by atoms with Gasteiger partial charge in [0.25, 0.3) is 0 Å². The lowest BCUT2D eigenvalue weighted by atomic mass is 9.62. The van der Waals surface area contributed by atoms with Crippen LogP contribution < -0.4 is 0 Å². The minimum atomic E-state index is -0.349. The number of nitrogens with zero attached hydrogens (tertiary/aromatic N) is 3. The quantitative estimate of drug-likeness (QED) is 0.183. The minimum absolute atomic E-state index is 0.0163. The van der Waals surface area contributed by atoms with E-state index in [0.717, 1.165) is 35.4 Å². The van der Waals surface area contributed by atoms with Crippen LogP contribution in [0.5, 0.6) is 0 Å². The van der Waals surface area contributed by atoms with E-state index in [1.807, 2.05) is 0 Å². The van der Waals surface area contributed by atoms with Crippen LogP contribution in [0.4, 0.5) is 0 Å². The lowest BCUT2D eigenvalue weighted by Crippen LogP contribution is -2.35. The topological polar surface area (TPSA) is 38.7 Å². The smallest absolute Gasteiger partial charge is 0.164 e. The predicted octanol–water partition coefficient (Wildman–Crippen LogP) is 14.0. The van der Waals surface area contributed by atoms with Crippen molar-refractivity contribution in [2.24, 2.45) is 17.3 Å². The van der Waals surface area contributed by atoms with E-state index in [1.165, 1.54) is 56.5 Å². The molecule has 0 fully saturated rings. The number of fused-ring (bicyclic) bond motifs is 11. The van der Waals surface area contributed by atoms with Crippen molar-refractivity contribution in [2.45, 2.75) is 116 Å². The zero-order valence-corrected chi connectivity index (χ0v) is 36.7. The molecule has 1 spiro atoms. The molecular weight excluding hydrogens is 715 g/mol. The molecule has 0 saturated carbocycles. The van der Waals surface area contributed by atoms with Gasteiger partial charge in [0.1, 0.15) is 0 Å². The molecule has 1 aromatic heterocycles. The summed E-state index contributed by atoms with van der Waals surface area (Å²) in [6.45, 7) is 23.8. The van der Waals surface area contributed by atoms with Gasteiger partial charge in [0, 0.05) is 28.5 Å². The maximum atomic E-state index is 5.40. The third kappa shape index (κ3) is 5.85. The molecule has 1 heterocycles. The maximum absolute atomic E-state index is 5.40. The van der Waals surface area contributed by atoms with Gasteiger partial charge in [0.05, 0.1) is 5.41 Å². The Labute approximate surface area is 352 Å². The molecule has 4 aromatic carbocycles. The second-order valence-electron chi connectivity index (χ2n) is 21.5. The number of allylic oxidation sites excluding steroid dienone is 8. The number of hydrogen-bond acceptors (Lipinski definition) is 3. The highest BCUT2D eigenvalue weighted by molar-refractivity contribution is 5.95. The highest BCUT2D eigenvalue weighted by Gasteiger charge is 2.59. The van der Waals surface area contributed by atoms with Crippen molar-refractivity contribution < 1.29 is 0 Å². The van der Waals surface area contributed by atoms with Gasteiger partial charge < -0.3 is 0 Å². The maximum Gasteiger partial charge on any atom is 0.164 e. The van der Waals surface area contributed by atoms with Crippen LogP contribution in [-0.2, 0) is 21.7 Å². The summed E-state index contributed by atoms with van der Waals surface area (Å²) in [5, 5.41) is 0. The summed E-state index contributed by atoms with van der Waals surface area (Å²) in [6, 6.07) is 31.9. The van der Waals surface area contributed by atoms with Crippen molar-refractivity contribution in [1.82, 2.24) is 15.0 Å².